The average molecular weight is 457 g/mol. The maximum atomic E-state index is 11.6. The number of hydrogen-bond donors (Lipinski definition) is 0. The molecule has 3 aromatic rings. The summed E-state index contributed by atoms with van der Waals surface area (Å²) in [6.07, 6.45) is 4.93. The van der Waals surface area contributed by atoms with Crippen molar-refractivity contribution in [3.8, 4) is 17.0 Å². The second kappa shape index (κ2) is 9.28. The Kier molecular flexibility index (Phi) is 6.45. The van der Waals surface area contributed by atoms with Gasteiger partial charge >= 0.3 is 0 Å². The Balaban J connectivity index is 1.29. The highest BCUT2D eigenvalue weighted by Gasteiger charge is 2.26. The molecule has 2 aromatic heterocycles. The molecule has 170 valence electrons. The van der Waals surface area contributed by atoms with Crippen molar-refractivity contribution < 1.29 is 17.7 Å². The summed E-state index contributed by atoms with van der Waals surface area (Å²) in [6.45, 7) is 6.61. The number of anilines is 1. The van der Waals surface area contributed by atoms with Crippen molar-refractivity contribution in [2.24, 2.45) is 5.92 Å². The summed E-state index contributed by atoms with van der Waals surface area (Å²) in [5.41, 5.74) is 2.54. The van der Waals surface area contributed by atoms with Crippen LogP contribution in [0.15, 0.2) is 52.0 Å². The molecule has 3 heterocycles. The van der Waals surface area contributed by atoms with Crippen LogP contribution in [-0.2, 0) is 9.84 Å². The summed E-state index contributed by atoms with van der Waals surface area (Å²) < 4.78 is 34.6. The summed E-state index contributed by atoms with van der Waals surface area (Å²) in [5.74, 6) is 2.27. The number of hydrogen-bond acceptors (Lipinski definition) is 8. The highest BCUT2D eigenvalue weighted by Crippen LogP contribution is 2.29. The number of benzene rings is 1. The molecule has 0 atom stereocenters. The van der Waals surface area contributed by atoms with Gasteiger partial charge in [0.1, 0.15) is 11.4 Å². The molecule has 32 heavy (non-hydrogen) atoms. The second-order valence-corrected chi connectivity index (χ2v) is 10.6. The summed E-state index contributed by atoms with van der Waals surface area (Å²) >= 11 is 0. The predicted octanol–water partition coefficient (Wildman–Crippen LogP) is 3.95. The Hall–Kier alpha value is -2.94. The Labute approximate surface area is 188 Å². The monoisotopic (exact) mass is 456 g/mol. The molecule has 0 unspecified atom stereocenters. The minimum atomic E-state index is -3.20. The van der Waals surface area contributed by atoms with E-state index in [-0.39, 0.29) is 5.92 Å². The van der Waals surface area contributed by atoms with Gasteiger partial charge in [-0.15, -0.1) is 5.10 Å². The number of rotatable bonds is 7. The van der Waals surface area contributed by atoms with Gasteiger partial charge in [0.15, 0.2) is 9.84 Å². The van der Waals surface area contributed by atoms with Gasteiger partial charge < -0.3 is 14.2 Å². The van der Waals surface area contributed by atoms with E-state index in [9.17, 15) is 8.42 Å². The van der Waals surface area contributed by atoms with Gasteiger partial charge in [-0.2, -0.15) is 0 Å². The van der Waals surface area contributed by atoms with Gasteiger partial charge in [0.2, 0.25) is 0 Å². The maximum Gasteiger partial charge on any atom is 0.251 e. The van der Waals surface area contributed by atoms with E-state index in [0.29, 0.717) is 17.4 Å². The molecule has 1 aromatic carbocycles. The van der Waals surface area contributed by atoms with E-state index in [4.69, 9.17) is 9.26 Å². The van der Waals surface area contributed by atoms with Gasteiger partial charge in [0, 0.05) is 36.1 Å². The molecule has 0 aliphatic carbocycles. The molecular weight excluding hydrogens is 428 g/mol. The standard InChI is InChI=1S/C23H28N4O4S/c1-16(2)22-23(31-26-25-22)27-12-10-17(11-13-27)15-30-19-6-9-21(24-14-19)18-4-7-20(8-5-18)32(3,28)29/h4-9,14,16-17H,10-13,15H2,1-3H3. The number of pyridine rings is 1. The average Bonchev–Trinajstić information content (AvgIpc) is 3.28. The minimum absolute atomic E-state index is 0.283. The third-order valence-electron chi connectivity index (χ3n) is 5.74. The fourth-order valence-corrected chi connectivity index (χ4v) is 4.43. The van der Waals surface area contributed by atoms with Crippen LogP contribution in [0, 0.1) is 5.92 Å². The van der Waals surface area contributed by atoms with Gasteiger partial charge in [0.25, 0.3) is 5.88 Å². The van der Waals surface area contributed by atoms with Crippen LogP contribution in [-0.4, -0.2) is 49.7 Å². The summed E-state index contributed by atoms with van der Waals surface area (Å²) in [6, 6.07) is 10.5. The Morgan fingerprint density at radius 2 is 1.84 bits per heavy atom. The summed E-state index contributed by atoms with van der Waals surface area (Å²) in [4.78, 5) is 6.99. The van der Waals surface area contributed by atoms with Crippen molar-refractivity contribution in [1.29, 1.82) is 0 Å². The largest absolute Gasteiger partial charge is 0.492 e. The first-order chi connectivity index (χ1) is 15.3. The van der Waals surface area contributed by atoms with Crippen LogP contribution >= 0.6 is 0 Å². The summed E-state index contributed by atoms with van der Waals surface area (Å²) in [5, 5.41) is 7.85. The van der Waals surface area contributed by atoms with Crippen molar-refractivity contribution in [3.63, 3.8) is 0 Å². The molecule has 0 N–H and O–H groups in total. The summed E-state index contributed by atoms with van der Waals surface area (Å²) in [7, 11) is -3.20. The van der Waals surface area contributed by atoms with E-state index in [1.807, 2.05) is 12.1 Å². The van der Waals surface area contributed by atoms with Crippen molar-refractivity contribution in [2.45, 2.75) is 37.5 Å². The quantitative estimate of drug-likeness (QED) is 0.527. The highest BCUT2D eigenvalue weighted by atomic mass is 32.2. The Bertz CT molecular complexity index is 1130. The topological polar surface area (TPSA) is 98.4 Å². The molecule has 1 fully saturated rings. The molecule has 0 spiro atoms. The van der Waals surface area contributed by atoms with Crippen LogP contribution in [0.3, 0.4) is 0 Å². The van der Waals surface area contributed by atoms with E-state index in [1.54, 1.807) is 30.5 Å². The number of sulfone groups is 1. The first-order valence-corrected chi connectivity index (χ1v) is 12.7. The van der Waals surface area contributed by atoms with Gasteiger partial charge in [-0.3, -0.25) is 4.98 Å². The molecular formula is C23H28N4O4S. The lowest BCUT2D eigenvalue weighted by molar-refractivity contribution is 0.219. The fourth-order valence-electron chi connectivity index (χ4n) is 3.80. The number of nitrogens with zero attached hydrogens (tertiary/aromatic N) is 4. The minimum Gasteiger partial charge on any atom is -0.492 e. The Morgan fingerprint density at radius 1 is 1.12 bits per heavy atom. The van der Waals surface area contributed by atoms with Crippen molar-refractivity contribution in [3.05, 3.63) is 48.3 Å². The third-order valence-corrected chi connectivity index (χ3v) is 6.87. The zero-order valence-corrected chi connectivity index (χ0v) is 19.4. The fraction of sp³-hybridized carbons (Fsp3) is 0.435. The second-order valence-electron chi connectivity index (χ2n) is 8.54. The van der Waals surface area contributed by atoms with E-state index < -0.39 is 9.84 Å². The van der Waals surface area contributed by atoms with E-state index >= 15 is 0 Å². The Morgan fingerprint density at radius 3 is 2.44 bits per heavy atom. The normalized spacial score (nSPS) is 15.3. The molecule has 0 radical (unpaired) electrons. The highest BCUT2D eigenvalue weighted by molar-refractivity contribution is 7.90. The lowest BCUT2D eigenvalue weighted by Crippen LogP contribution is -2.35. The first kappa shape index (κ1) is 22.3. The van der Waals surface area contributed by atoms with Crippen LogP contribution in [0.5, 0.6) is 5.75 Å². The van der Waals surface area contributed by atoms with Gasteiger partial charge in [-0.05, 0) is 43.0 Å². The molecule has 9 heteroatoms. The van der Waals surface area contributed by atoms with Gasteiger partial charge in [0.05, 0.1) is 23.4 Å². The van der Waals surface area contributed by atoms with Gasteiger partial charge in [-0.1, -0.05) is 26.0 Å². The van der Waals surface area contributed by atoms with Crippen molar-refractivity contribution >= 4 is 15.7 Å². The van der Waals surface area contributed by atoms with Crippen LogP contribution in [0.2, 0.25) is 0 Å². The third kappa shape index (κ3) is 5.09. The molecule has 8 nitrogen and oxygen atoms in total. The van der Waals surface area contributed by atoms with E-state index in [1.165, 1.54) is 6.26 Å². The smallest absolute Gasteiger partial charge is 0.251 e. The zero-order chi connectivity index (χ0) is 22.7. The lowest BCUT2D eigenvalue weighted by atomic mass is 9.97. The SMILES string of the molecule is CC(C)c1nnoc1N1CCC(COc2ccc(-c3ccc(S(C)(=O)=O)cc3)nc2)CC1. The van der Waals surface area contributed by atoms with Crippen LogP contribution < -0.4 is 9.64 Å². The molecule has 1 aliphatic heterocycles. The molecule has 0 saturated carbocycles. The number of aromatic nitrogens is 3. The van der Waals surface area contributed by atoms with Crippen LogP contribution in [0.25, 0.3) is 11.3 Å². The van der Waals surface area contributed by atoms with Crippen LogP contribution in [0.4, 0.5) is 5.88 Å². The lowest BCUT2D eigenvalue weighted by Gasteiger charge is -2.31. The van der Waals surface area contributed by atoms with Crippen molar-refractivity contribution in [1.82, 2.24) is 15.4 Å². The number of ether oxygens (including phenoxy) is 1. The zero-order valence-electron chi connectivity index (χ0n) is 18.6. The molecule has 4 rings (SSSR count). The van der Waals surface area contributed by atoms with E-state index in [2.05, 4.69) is 34.1 Å². The molecule has 0 bridgehead atoms. The predicted molar refractivity (Wildman–Crippen MR) is 122 cm³/mol. The maximum absolute atomic E-state index is 11.6. The van der Waals surface area contributed by atoms with Gasteiger partial charge in [-0.25, -0.2) is 8.42 Å². The first-order valence-electron chi connectivity index (χ1n) is 10.8. The molecule has 1 aliphatic rings. The molecule has 0 amide bonds. The van der Waals surface area contributed by atoms with Crippen molar-refractivity contribution in [2.75, 3.05) is 30.9 Å². The van der Waals surface area contributed by atoms with Crippen LogP contribution in [0.1, 0.15) is 38.3 Å². The molecule has 1 saturated heterocycles. The van der Waals surface area contributed by atoms with E-state index in [0.717, 1.165) is 54.5 Å². The number of piperidine rings is 1.